The van der Waals surface area contributed by atoms with E-state index < -0.39 is 0 Å². The Morgan fingerprint density at radius 3 is 2.32 bits per heavy atom. The van der Waals surface area contributed by atoms with Crippen LogP contribution in [-0.2, 0) is 26.2 Å². The van der Waals surface area contributed by atoms with Gasteiger partial charge in [-0.15, -0.1) is 0 Å². The van der Waals surface area contributed by atoms with Gasteiger partial charge < -0.3 is 0 Å². The first-order valence-electron chi connectivity index (χ1n) is 9.32. The molecule has 0 bridgehead atoms. The van der Waals surface area contributed by atoms with E-state index in [1.807, 2.05) is 0 Å². The van der Waals surface area contributed by atoms with Gasteiger partial charge in [0.1, 0.15) is 0 Å². The summed E-state index contributed by atoms with van der Waals surface area (Å²) in [4.78, 5) is 0. The minimum Gasteiger partial charge on any atom is -0.0741 e. The molecule has 0 nitrogen and oxygen atoms in total. The average Bonchev–Trinajstić information content (AvgIpc) is 2.97. The molecule has 0 saturated heterocycles. The average molecular weight is 406 g/mol. The molecule has 25 heavy (non-hydrogen) atoms. The molecule has 0 N–H and O–H groups in total. The molecular weight excluding hydrogens is 379 g/mol. The van der Waals surface area contributed by atoms with Gasteiger partial charge in [-0.2, -0.15) is 0 Å². The van der Waals surface area contributed by atoms with Crippen molar-refractivity contribution in [2.24, 2.45) is 5.92 Å². The third kappa shape index (κ3) is 4.14. The normalized spacial score (nSPS) is 18.2. The minimum atomic E-state index is 0. The maximum atomic E-state index is 2.52. The van der Waals surface area contributed by atoms with Gasteiger partial charge in [0.15, 0.2) is 0 Å². The van der Waals surface area contributed by atoms with Crippen LogP contribution in [0, 0.1) is 19.8 Å². The van der Waals surface area contributed by atoms with Gasteiger partial charge in [0.05, 0.1) is 0 Å². The number of hydrogen-bond acceptors (Lipinski definition) is 0. The zero-order valence-electron chi connectivity index (χ0n) is 15.3. The summed E-state index contributed by atoms with van der Waals surface area (Å²) in [6, 6.07) is 13.6. The molecule has 0 spiro atoms. The molecule has 4 rings (SSSR count). The van der Waals surface area contributed by atoms with Crippen molar-refractivity contribution in [2.75, 3.05) is 0 Å². The van der Waals surface area contributed by atoms with Gasteiger partial charge in [-0.3, -0.25) is 0 Å². The third-order valence-electron chi connectivity index (χ3n) is 5.38. The molecule has 0 atom stereocenters. The predicted molar refractivity (Wildman–Crippen MR) is 104 cm³/mol. The number of rotatable bonds is 2. The first-order valence-corrected chi connectivity index (χ1v) is 9.32. The Morgan fingerprint density at radius 1 is 0.880 bits per heavy atom. The van der Waals surface area contributed by atoms with E-state index in [1.165, 1.54) is 70.4 Å². The summed E-state index contributed by atoms with van der Waals surface area (Å²) in [6.45, 7) is 4.37. The van der Waals surface area contributed by atoms with Crippen LogP contribution in [0.25, 0.3) is 23.3 Å². The van der Waals surface area contributed by atoms with Crippen LogP contribution in [0.5, 0.6) is 0 Å². The molecule has 2 aliphatic rings. The molecule has 2 aliphatic carbocycles. The van der Waals surface area contributed by atoms with Crippen LogP contribution in [0.3, 0.4) is 0 Å². The number of benzene rings is 2. The van der Waals surface area contributed by atoms with Gasteiger partial charge in [0.25, 0.3) is 0 Å². The second-order valence-electron chi connectivity index (χ2n) is 7.54. The van der Waals surface area contributed by atoms with Crippen molar-refractivity contribution in [3.63, 3.8) is 0 Å². The van der Waals surface area contributed by atoms with Gasteiger partial charge in [0.2, 0.25) is 0 Å². The van der Waals surface area contributed by atoms with Crippen LogP contribution in [-0.4, -0.2) is 0 Å². The first-order chi connectivity index (χ1) is 11.7. The molecule has 2 aromatic carbocycles. The van der Waals surface area contributed by atoms with Gasteiger partial charge >= 0.3 is 0 Å². The molecule has 2 aromatic rings. The standard InChI is InChI=1S/C24H26.Zr/c1-17-11-18(2)13-22(12-17)23-10-6-9-21-15-20(16-24(21)23)14-19-7-4-3-5-8-19;/h6,9-16,19H,3-5,7-8H2,1-2H3;. The zero-order valence-corrected chi connectivity index (χ0v) is 17.8. The van der Waals surface area contributed by atoms with Crippen molar-refractivity contribution in [3.8, 4) is 11.1 Å². The maximum absolute atomic E-state index is 2.52. The quantitative estimate of drug-likeness (QED) is 0.656. The molecule has 0 heterocycles. The summed E-state index contributed by atoms with van der Waals surface area (Å²) in [5.41, 5.74) is 6.79. The van der Waals surface area contributed by atoms with Crippen molar-refractivity contribution < 1.29 is 26.2 Å². The summed E-state index contributed by atoms with van der Waals surface area (Å²) in [6.07, 6.45) is 14.2. The van der Waals surface area contributed by atoms with Crippen LogP contribution in [0.15, 0.2) is 48.0 Å². The Kier molecular flexibility index (Phi) is 5.95. The molecule has 126 valence electrons. The monoisotopic (exact) mass is 404 g/mol. The van der Waals surface area contributed by atoms with E-state index in [2.05, 4.69) is 68.5 Å². The van der Waals surface area contributed by atoms with E-state index in [0.29, 0.717) is 0 Å². The molecule has 1 saturated carbocycles. The van der Waals surface area contributed by atoms with Crippen LogP contribution in [0.1, 0.15) is 43.2 Å². The first kappa shape index (κ1) is 18.6. The third-order valence-corrected chi connectivity index (χ3v) is 5.38. The SMILES string of the molecule is Cc1cc(C)cc(-c2cccc3c2=CC(=CC2CCCCC2)C=3)c1.[Zr]. The van der Waals surface area contributed by atoms with Crippen molar-refractivity contribution >= 4 is 12.2 Å². The molecule has 0 aromatic heterocycles. The summed E-state index contributed by atoms with van der Waals surface area (Å²) < 4.78 is 0. The van der Waals surface area contributed by atoms with E-state index in [1.54, 1.807) is 0 Å². The topological polar surface area (TPSA) is 0 Å². The second kappa shape index (κ2) is 8.00. The largest absolute Gasteiger partial charge is 0.0741 e. The Hall–Kier alpha value is -1.20. The molecule has 1 heteroatoms. The molecule has 0 unspecified atom stereocenters. The van der Waals surface area contributed by atoms with Gasteiger partial charge in [-0.1, -0.05) is 72.9 Å². The Balaban J connectivity index is 0.00000182. The van der Waals surface area contributed by atoms with E-state index in [-0.39, 0.29) is 26.2 Å². The van der Waals surface area contributed by atoms with Crippen molar-refractivity contribution in [1.29, 1.82) is 0 Å². The Bertz CT molecular complexity index is 891. The Labute approximate surface area is 170 Å². The summed E-state index contributed by atoms with van der Waals surface area (Å²) in [5.74, 6) is 0.778. The Morgan fingerprint density at radius 2 is 1.60 bits per heavy atom. The van der Waals surface area contributed by atoms with Crippen LogP contribution in [0.2, 0.25) is 0 Å². The molecule has 0 aliphatic heterocycles. The van der Waals surface area contributed by atoms with Crippen LogP contribution >= 0.6 is 0 Å². The number of aryl methyl sites for hydroxylation is 2. The second-order valence-corrected chi connectivity index (χ2v) is 7.54. The van der Waals surface area contributed by atoms with Crippen LogP contribution < -0.4 is 10.4 Å². The summed E-state index contributed by atoms with van der Waals surface area (Å²) >= 11 is 0. The smallest absolute Gasteiger partial charge is 0 e. The number of hydrogen-bond donors (Lipinski definition) is 0. The maximum Gasteiger partial charge on any atom is 0 e. The van der Waals surface area contributed by atoms with Crippen LogP contribution in [0.4, 0.5) is 0 Å². The van der Waals surface area contributed by atoms with E-state index in [0.717, 1.165) is 5.92 Å². The molecule has 0 radical (unpaired) electrons. The summed E-state index contributed by atoms with van der Waals surface area (Å²) in [5, 5.41) is 2.76. The summed E-state index contributed by atoms with van der Waals surface area (Å²) in [7, 11) is 0. The molecule has 1 fully saturated rings. The number of allylic oxidation sites excluding steroid dienone is 2. The van der Waals surface area contributed by atoms with Gasteiger partial charge in [-0.05, 0) is 71.9 Å². The molecule has 0 amide bonds. The van der Waals surface area contributed by atoms with Gasteiger partial charge in [-0.25, -0.2) is 0 Å². The van der Waals surface area contributed by atoms with Gasteiger partial charge in [0, 0.05) is 26.2 Å². The fourth-order valence-electron chi connectivity index (χ4n) is 4.31. The zero-order chi connectivity index (χ0) is 16.5. The number of fused-ring (bicyclic) bond motifs is 1. The van der Waals surface area contributed by atoms with E-state index in [4.69, 9.17) is 0 Å². The fraction of sp³-hybridized carbons (Fsp3) is 0.333. The van der Waals surface area contributed by atoms with Crippen molar-refractivity contribution in [2.45, 2.75) is 46.0 Å². The van der Waals surface area contributed by atoms with Crippen molar-refractivity contribution in [1.82, 2.24) is 0 Å². The predicted octanol–water partition coefficient (Wildman–Crippen LogP) is 5.05. The van der Waals surface area contributed by atoms with Crippen molar-refractivity contribution in [3.05, 3.63) is 69.6 Å². The minimum absolute atomic E-state index is 0. The molecular formula is C24H26Zr. The van der Waals surface area contributed by atoms with E-state index >= 15 is 0 Å². The van der Waals surface area contributed by atoms with E-state index in [9.17, 15) is 0 Å². The fourth-order valence-corrected chi connectivity index (χ4v) is 4.31.